The fourth-order valence-electron chi connectivity index (χ4n) is 1.99. The molecule has 1 heterocycles. The van der Waals surface area contributed by atoms with Crippen LogP contribution in [0.5, 0.6) is 0 Å². The highest BCUT2D eigenvalue weighted by atomic mass is 19.1. The van der Waals surface area contributed by atoms with E-state index in [-0.39, 0.29) is 23.1 Å². The molecule has 0 bridgehead atoms. The van der Waals surface area contributed by atoms with Crippen LogP contribution in [0.15, 0.2) is 12.1 Å². The maximum absolute atomic E-state index is 13.7. The van der Waals surface area contributed by atoms with Crippen LogP contribution in [0.3, 0.4) is 0 Å². The second-order valence-corrected chi connectivity index (χ2v) is 4.21. The highest BCUT2D eigenvalue weighted by molar-refractivity contribution is 5.64. The van der Waals surface area contributed by atoms with Gasteiger partial charge in [-0.05, 0) is 24.6 Å². The molecule has 1 saturated heterocycles. The Morgan fingerprint density at radius 2 is 2.32 bits per heavy atom. The molecule has 100 valence electrons. The minimum absolute atomic E-state index is 0.0142. The predicted molar refractivity (Wildman–Crippen MR) is 60.2 cm³/mol. The zero-order valence-corrected chi connectivity index (χ0v) is 10.00. The summed E-state index contributed by atoms with van der Waals surface area (Å²) in [6.07, 6.45) is -2.67. The zero-order chi connectivity index (χ0) is 14.2. The van der Waals surface area contributed by atoms with E-state index in [9.17, 15) is 14.3 Å². The van der Waals surface area contributed by atoms with Crippen LogP contribution in [0.2, 0.25) is 0 Å². The van der Waals surface area contributed by atoms with Crippen LogP contribution in [0, 0.1) is 24.1 Å². The van der Waals surface area contributed by atoms with Gasteiger partial charge < -0.3 is 10.2 Å². The number of nitrogens with zero attached hydrogens (tertiary/aromatic N) is 2. The Kier molecular flexibility index (Phi) is 3.38. The van der Waals surface area contributed by atoms with Crippen LogP contribution >= 0.6 is 0 Å². The summed E-state index contributed by atoms with van der Waals surface area (Å²) in [4.78, 5) is 15.7. The number of hydrogen-bond acceptors (Lipinski definition) is 4. The number of aliphatic hydroxyl groups is 1. The van der Waals surface area contributed by atoms with Gasteiger partial charge >= 0.3 is 6.09 Å². The molecule has 0 aliphatic carbocycles. The summed E-state index contributed by atoms with van der Waals surface area (Å²) in [7, 11) is 0. The molecular formula is C12H11FN2O4. The molecule has 0 radical (unpaired) electrons. The summed E-state index contributed by atoms with van der Waals surface area (Å²) in [5.41, 5.74) is 0.605. The molecule has 1 aliphatic heterocycles. The Balaban J connectivity index is 2.44. The molecule has 1 aliphatic rings. The van der Waals surface area contributed by atoms with Crippen LogP contribution in [-0.4, -0.2) is 27.7 Å². The van der Waals surface area contributed by atoms with E-state index in [1.807, 2.05) is 6.07 Å². The number of amides is 1. The number of aliphatic hydroxyl groups excluding tert-OH is 1. The first kappa shape index (κ1) is 13.3. The van der Waals surface area contributed by atoms with Crippen LogP contribution in [0.1, 0.15) is 29.2 Å². The molecule has 0 spiro atoms. The van der Waals surface area contributed by atoms with Gasteiger partial charge in [-0.15, -0.1) is 0 Å². The van der Waals surface area contributed by atoms with E-state index in [2.05, 4.69) is 0 Å². The summed E-state index contributed by atoms with van der Waals surface area (Å²) in [5.74, 6) is -0.597. The van der Waals surface area contributed by atoms with Crippen molar-refractivity contribution in [1.82, 2.24) is 5.06 Å². The second-order valence-electron chi connectivity index (χ2n) is 4.21. The molecule has 0 aromatic heterocycles. The number of rotatable bonds is 1. The number of benzene rings is 1. The Morgan fingerprint density at radius 1 is 1.63 bits per heavy atom. The Labute approximate surface area is 108 Å². The number of halogens is 1. The number of hydrogen-bond donors (Lipinski definition) is 2. The van der Waals surface area contributed by atoms with Crippen LogP contribution < -0.4 is 0 Å². The summed E-state index contributed by atoms with van der Waals surface area (Å²) in [6.45, 7) is 1.46. The molecule has 2 rings (SSSR count). The Morgan fingerprint density at radius 3 is 2.89 bits per heavy atom. The van der Waals surface area contributed by atoms with E-state index in [0.717, 1.165) is 6.07 Å². The van der Waals surface area contributed by atoms with Gasteiger partial charge in [-0.25, -0.2) is 14.0 Å². The average Bonchev–Trinajstić information content (AvgIpc) is 2.75. The fraction of sp³-hybridized carbons (Fsp3) is 0.333. The van der Waals surface area contributed by atoms with E-state index in [1.54, 1.807) is 0 Å². The predicted octanol–water partition coefficient (Wildman–Crippen LogP) is 1.68. The largest absolute Gasteiger partial charge is 0.463 e. The lowest BCUT2D eigenvalue weighted by Crippen LogP contribution is -2.28. The number of carbonyl (C=O) groups is 1. The summed E-state index contributed by atoms with van der Waals surface area (Å²) in [6, 6.07) is 3.56. The van der Waals surface area contributed by atoms with Crippen LogP contribution in [0.25, 0.3) is 0 Å². The average molecular weight is 266 g/mol. The van der Waals surface area contributed by atoms with Crippen molar-refractivity contribution in [3.05, 3.63) is 34.6 Å². The van der Waals surface area contributed by atoms with Gasteiger partial charge in [-0.3, -0.25) is 0 Å². The molecule has 1 aromatic carbocycles. The fourth-order valence-corrected chi connectivity index (χ4v) is 1.99. The highest BCUT2D eigenvalue weighted by Gasteiger charge is 2.37. The molecule has 0 saturated carbocycles. The first-order chi connectivity index (χ1) is 8.93. The molecule has 1 unspecified atom stereocenters. The Hall–Kier alpha value is -2.17. The van der Waals surface area contributed by atoms with Crippen LogP contribution in [-0.2, 0) is 4.84 Å². The van der Waals surface area contributed by atoms with Gasteiger partial charge in [-0.1, -0.05) is 0 Å². The number of carboxylic acid groups (broad SMARTS) is 1. The molecule has 6 nitrogen and oxygen atoms in total. The molecule has 2 N–H and O–H groups in total. The van der Waals surface area contributed by atoms with E-state index in [4.69, 9.17) is 15.2 Å². The van der Waals surface area contributed by atoms with Crippen molar-refractivity contribution in [2.24, 2.45) is 0 Å². The van der Waals surface area contributed by atoms with Gasteiger partial charge in [0.05, 0.1) is 17.7 Å². The number of hydroxylamine groups is 2. The third-order valence-corrected chi connectivity index (χ3v) is 3.00. The second kappa shape index (κ2) is 4.84. The summed E-state index contributed by atoms with van der Waals surface area (Å²) >= 11 is 0. The molecule has 7 heteroatoms. The molecular weight excluding hydrogens is 255 g/mol. The smallest absolute Gasteiger partial charge is 0.432 e. The SMILES string of the molecule is Cc1c(F)cc([C@@H]2CC(O)ON2C(=O)O)cc1C#N. The first-order valence-electron chi connectivity index (χ1n) is 5.51. The molecule has 19 heavy (non-hydrogen) atoms. The minimum atomic E-state index is -1.39. The van der Waals surface area contributed by atoms with Gasteiger partial charge in [0.1, 0.15) is 5.82 Å². The molecule has 1 amide bonds. The van der Waals surface area contributed by atoms with E-state index >= 15 is 0 Å². The third kappa shape index (κ3) is 2.36. The standard InChI is InChI=1S/C12H11FN2O4/c1-6-8(5-14)2-7(3-9(6)13)10-4-11(16)19-15(10)12(17)18/h2-3,10-11,16H,4H2,1H3,(H,17,18)/t10-,11?/m0/s1. The maximum Gasteiger partial charge on any atom is 0.432 e. The zero-order valence-electron chi connectivity index (χ0n) is 10.00. The van der Waals surface area contributed by atoms with Crippen molar-refractivity contribution in [2.75, 3.05) is 0 Å². The molecule has 1 fully saturated rings. The van der Waals surface area contributed by atoms with Crippen LogP contribution in [0.4, 0.5) is 9.18 Å². The lowest BCUT2D eigenvalue weighted by atomic mass is 9.98. The monoisotopic (exact) mass is 266 g/mol. The highest BCUT2D eigenvalue weighted by Crippen LogP contribution is 2.34. The first-order valence-corrected chi connectivity index (χ1v) is 5.51. The normalized spacial score (nSPS) is 22.3. The quantitative estimate of drug-likeness (QED) is 0.806. The van der Waals surface area contributed by atoms with Gasteiger partial charge in [-0.2, -0.15) is 10.3 Å². The van der Waals surface area contributed by atoms with Crippen molar-refractivity contribution in [1.29, 1.82) is 5.26 Å². The van der Waals surface area contributed by atoms with Gasteiger partial charge in [0.25, 0.3) is 0 Å². The van der Waals surface area contributed by atoms with Crippen molar-refractivity contribution in [3.63, 3.8) is 0 Å². The minimum Gasteiger partial charge on any atom is -0.463 e. The number of nitriles is 1. The molecule has 2 atom stereocenters. The van der Waals surface area contributed by atoms with Crippen molar-refractivity contribution in [3.8, 4) is 6.07 Å². The topological polar surface area (TPSA) is 93.8 Å². The van der Waals surface area contributed by atoms with E-state index in [1.165, 1.54) is 13.0 Å². The van der Waals surface area contributed by atoms with Crippen molar-refractivity contribution in [2.45, 2.75) is 25.7 Å². The van der Waals surface area contributed by atoms with Crippen molar-refractivity contribution >= 4 is 6.09 Å². The van der Waals surface area contributed by atoms with Gasteiger partial charge in [0.2, 0.25) is 0 Å². The third-order valence-electron chi connectivity index (χ3n) is 3.00. The van der Waals surface area contributed by atoms with Gasteiger partial charge in [0, 0.05) is 12.0 Å². The van der Waals surface area contributed by atoms with Crippen molar-refractivity contribution < 1.29 is 24.2 Å². The molecule has 1 aromatic rings. The maximum atomic E-state index is 13.7. The van der Waals surface area contributed by atoms with E-state index in [0.29, 0.717) is 5.06 Å². The summed E-state index contributed by atoms with van der Waals surface area (Å²) < 4.78 is 13.7. The van der Waals surface area contributed by atoms with Gasteiger partial charge in [0.15, 0.2) is 6.29 Å². The Bertz CT molecular complexity index is 570. The summed E-state index contributed by atoms with van der Waals surface area (Å²) in [5, 5.41) is 27.8. The lowest BCUT2D eigenvalue weighted by molar-refractivity contribution is -0.199. The lowest BCUT2D eigenvalue weighted by Gasteiger charge is -2.19. The van der Waals surface area contributed by atoms with E-state index < -0.39 is 24.2 Å².